The second kappa shape index (κ2) is 11.0. The van der Waals surface area contributed by atoms with Gasteiger partial charge in [0.15, 0.2) is 11.1 Å². The number of nitrogens with zero attached hydrogens (tertiary/aromatic N) is 5. The van der Waals surface area contributed by atoms with Crippen LogP contribution < -0.4 is 10.6 Å². The predicted molar refractivity (Wildman–Crippen MR) is 117 cm³/mol. The molecule has 1 aromatic rings. The van der Waals surface area contributed by atoms with E-state index in [-0.39, 0.29) is 0 Å². The Morgan fingerprint density at radius 2 is 2.00 bits per heavy atom. The average Bonchev–Trinajstić information content (AvgIpc) is 3.46. The van der Waals surface area contributed by atoms with Gasteiger partial charge in [-0.05, 0) is 51.4 Å². The van der Waals surface area contributed by atoms with Crippen molar-refractivity contribution in [2.45, 2.75) is 75.5 Å². The largest absolute Gasteiger partial charge is 0.356 e. The molecule has 2 aliphatic rings. The molecule has 1 aliphatic carbocycles. The second-order valence-corrected chi connectivity index (χ2v) is 8.59. The highest BCUT2D eigenvalue weighted by Crippen LogP contribution is 2.33. The van der Waals surface area contributed by atoms with Gasteiger partial charge in [-0.1, -0.05) is 31.5 Å². The van der Waals surface area contributed by atoms with E-state index in [1.54, 1.807) is 11.8 Å². The van der Waals surface area contributed by atoms with Gasteiger partial charge in [-0.25, -0.2) is 0 Å². The Balaban J connectivity index is 1.43. The number of hydrogen-bond donors (Lipinski definition) is 2. The molecule has 0 radical (unpaired) electrons. The molecule has 1 atom stereocenters. The van der Waals surface area contributed by atoms with Crippen molar-refractivity contribution in [1.29, 1.82) is 0 Å². The normalized spacial score (nSPS) is 21.5. The van der Waals surface area contributed by atoms with Crippen molar-refractivity contribution in [3.8, 4) is 0 Å². The molecule has 1 aromatic heterocycles. The number of rotatable bonds is 9. The molecule has 0 spiro atoms. The molecule has 7 nitrogen and oxygen atoms in total. The molecule has 1 saturated carbocycles. The molecule has 2 fully saturated rings. The Kier molecular flexibility index (Phi) is 8.45. The molecule has 0 bridgehead atoms. The number of likely N-dealkylation sites (tertiary alicyclic amines) is 1. The van der Waals surface area contributed by atoms with Crippen molar-refractivity contribution in [3.05, 3.63) is 5.82 Å². The minimum absolute atomic E-state index is 0.600. The van der Waals surface area contributed by atoms with Crippen LogP contribution in [0.5, 0.6) is 0 Å². The van der Waals surface area contributed by atoms with Crippen LogP contribution in [0.25, 0.3) is 0 Å². The van der Waals surface area contributed by atoms with E-state index >= 15 is 0 Å². The molecule has 8 heteroatoms. The maximum absolute atomic E-state index is 4.49. The van der Waals surface area contributed by atoms with Crippen LogP contribution in [-0.4, -0.2) is 71.1 Å². The van der Waals surface area contributed by atoms with Crippen LogP contribution in [0, 0.1) is 0 Å². The van der Waals surface area contributed by atoms with Crippen molar-refractivity contribution >= 4 is 17.7 Å². The highest BCUT2D eigenvalue weighted by molar-refractivity contribution is 7.98. The number of hydrogen-bond acceptors (Lipinski definition) is 5. The first-order valence-corrected chi connectivity index (χ1v) is 12.2. The average molecular weight is 408 g/mol. The Labute approximate surface area is 174 Å². The summed E-state index contributed by atoms with van der Waals surface area (Å²) < 4.78 is 2.41. The summed E-state index contributed by atoms with van der Waals surface area (Å²) >= 11 is 1.71. The number of aliphatic imine (C=N–C) groups is 1. The summed E-state index contributed by atoms with van der Waals surface area (Å²) in [5.41, 5.74) is 0. The van der Waals surface area contributed by atoms with Crippen LogP contribution >= 0.6 is 11.8 Å². The lowest BCUT2D eigenvalue weighted by molar-refractivity contribution is 0.267. The first-order chi connectivity index (χ1) is 13.8. The minimum Gasteiger partial charge on any atom is -0.356 e. The summed E-state index contributed by atoms with van der Waals surface area (Å²) in [7, 11) is 1.85. The fourth-order valence-electron chi connectivity index (χ4n) is 4.58. The summed E-state index contributed by atoms with van der Waals surface area (Å²) in [5.74, 6) is 2.05. The van der Waals surface area contributed by atoms with E-state index in [4.69, 9.17) is 0 Å². The van der Waals surface area contributed by atoms with E-state index < -0.39 is 0 Å². The molecule has 28 heavy (non-hydrogen) atoms. The van der Waals surface area contributed by atoms with E-state index in [0.29, 0.717) is 12.1 Å². The molecule has 2 N–H and O–H groups in total. The summed E-state index contributed by atoms with van der Waals surface area (Å²) in [5, 5.41) is 16.9. The van der Waals surface area contributed by atoms with E-state index in [1.165, 1.54) is 45.1 Å². The standard InChI is InChI=1S/C20H37N7S/c1-4-26-14-8-11-17(26)15-23-19(21-2)22-13-7-12-18-24-25-20(28-3)27(18)16-9-5-6-10-16/h16-17H,4-15H2,1-3H3,(H2,21,22,23). The SMILES string of the molecule is CCN1CCCC1CNC(=NC)NCCCc1nnc(SC)n1C1CCCC1. The van der Waals surface area contributed by atoms with Gasteiger partial charge >= 0.3 is 0 Å². The summed E-state index contributed by atoms with van der Waals surface area (Å²) in [6.45, 7) is 6.49. The molecular formula is C20H37N7S. The van der Waals surface area contributed by atoms with Gasteiger partial charge in [0.05, 0.1) is 0 Å². The number of thioether (sulfide) groups is 1. The molecular weight excluding hydrogens is 370 g/mol. The third-order valence-corrected chi connectivity index (χ3v) is 6.75. The lowest BCUT2D eigenvalue weighted by Gasteiger charge is -2.24. The number of nitrogens with one attached hydrogen (secondary N) is 2. The van der Waals surface area contributed by atoms with Gasteiger partial charge in [-0.15, -0.1) is 10.2 Å². The topological polar surface area (TPSA) is 70.4 Å². The van der Waals surface area contributed by atoms with Gasteiger partial charge in [0, 0.05) is 38.6 Å². The van der Waals surface area contributed by atoms with E-state index in [0.717, 1.165) is 49.4 Å². The zero-order valence-corrected chi connectivity index (χ0v) is 18.6. The zero-order valence-electron chi connectivity index (χ0n) is 17.8. The molecule has 158 valence electrons. The minimum atomic E-state index is 0.600. The lowest BCUT2D eigenvalue weighted by Crippen LogP contribution is -2.45. The first-order valence-electron chi connectivity index (χ1n) is 10.9. The molecule has 1 saturated heterocycles. The van der Waals surface area contributed by atoms with Crippen molar-refractivity contribution < 1.29 is 0 Å². The van der Waals surface area contributed by atoms with Gasteiger partial charge in [0.25, 0.3) is 0 Å². The van der Waals surface area contributed by atoms with Crippen LogP contribution in [0.4, 0.5) is 0 Å². The van der Waals surface area contributed by atoms with E-state index in [2.05, 4.69) is 48.5 Å². The van der Waals surface area contributed by atoms with Crippen LogP contribution in [0.15, 0.2) is 10.1 Å². The zero-order chi connectivity index (χ0) is 19.8. The number of aryl methyl sites for hydroxylation is 1. The van der Waals surface area contributed by atoms with Gasteiger partial charge in [0.2, 0.25) is 0 Å². The fraction of sp³-hybridized carbons (Fsp3) is 0.850. The maximum atomic E-state index is 4.49. The summed E-state index contributed by atoms with van der Waals surface area (Å²) in [6.07, 6.45) is 11.9. The van der Waals surface area contributed by atoms with Crippen molar-refractivity contribution in [2.75, 3.05) is 39.5 Å². The Bertz CT molecular complexity index is 624. The third kappa shape index (κ3) is 5.41. The van der Waals surface area contributed by atoms with Gasteiger partial charge in [-0.3, -0.25) is 9.89 Å². The van der Waals surface area contributed by atoms with Crippen LogP contribution in [0.1, 0.15) is 63.7 Å². The smallest absolute Gasteiger partial charge is 0.191 e. The Morgan fingerprint density at radius 3 is 2.71 bits per heavy atom. The van der Waals surface area contributed by atoms with Crippen molar-refractivity contribution in [2.24, 2.45) is 4.99 Å². The highest BCUT2D eigenvalue weighted by Gasteiger charge is 2.24. The number of likely N-dealkylation sites (N-methyl/N-ethyl adjacent to an activating group) is 1. The quantitative estimate of drug-likeness (QED) is 0.284. The number of guanidine groups is 1. The molecule has 2 heterocycles. The van der Waals surface area contributed by atoms with Crippen LogP contribution in [-0.2, 0) is 6.42 Å². The molecule has 3 rings (SSSR count). The molecule has 0 aromatic carbocycles. The summed E-state index contributed by atoms with van der Waals surface area (Å²) in [4.78, 5) is 6.94. The number of aromatic nitrogens is 3. The maximum Gasteiger partial charge on any atom is 0.191 e. The Hall–Kier alpha value is -1.28. The van der Waals surface area contributed by atoms with Crippen molar-refractivity contribution in [1.82, 2.24) is 30.3 Å². The van der Waals surface area contributed by atoms with Crippen molar-refractivity contribution in [3.63, 3.8) is 0 Å². The first kappa shape index (κ1) is 21.4. The fourth-order valence-corrected chi connectivity index (χ4v) is 5.15. The third-order valence-electron chi connectivity index (χ3n) is 6.11. The Morgan fingerprint density at radius 1 is 1.18 bits per heavy atom. The van der Waals surface area contributed by atoms with Gasteiger partial charge in [0.1, 0.15) is 5.82 Å². The van der Waals surface area contributed by atoms with E-state index in [1.807, 2.05) is 7.05 Å². The predicted octanol–water partition coefficient (Wildman–Crippen LogP) is 2.70. The van der Waals surface area contributed by atoms with Gasteiger partial charge in [-0.2, -0.15) is 0 Å². The highest BCUT2D eigenvalue weighted by atomic mass is 32.2. The monoisotopic (exact) mass is 407 g/mol. The molecule has 1 aliphatic heterocycles. The lowest BCUT2D eigenvalue weighted by atomic mass is 10.2. The second-order valence-electron chi connectivity index (χ2n) is 7.82. The summed E-state index contributed by atoms with van der Waals surface area (Å²) in [6, 6.07) is 1.24. The van der Waals surface area contributed by atoms with Gasteiger partial charge < -0.3 is 15.2 Å². The van der Waals surface area contributed by atoms with E-state index in [9.17, 15) is 0 Å². The van der Waals surface area contributed by atoms with Crippen LogP contribution in [0.2, 0.25) is 0 Å². The molecule has 0 amide bonds. The van der Waals surface area contributed by atoms with Crippen LogP contribution in [0.3, 0.4) is 0 Å². The molecule has 1 unspecified atom stereocenters.